The van der Waals surface area contributed by atoms with Crippen LogP contribution in [0.4, 0.5) is 4.39 Å². The predicted molar refractivity (Wildman–Crippen MR) is 52.9 cm³/mol. The van der Waals surface area contributed by atoms with Crippen LogP contribution in [0, 0.1) is 5.82 Å². The highest BCUT2D eigenvalue weighted by Gasteiger charge is 1.97. The Balaban J connectivity index is 2.49. The standard InChI is InChI=1S/C11H14FN/c1-3-9(2)13-8-10-5-4-6-11(12)7-10/h3-7,9,13H,1,8H2,2H3. The molecule has 0 spiro atoms. The molecule has 13 heavy (non-hydrogen) atoms. The van der Waals surface area contributed by atoms with Crippen molar-refractivity contribution in [3.8, 4) is 0 Å². The number of nitrogens with one attached hydrogen (secondary N) is 1. The molecule has 0 aliphatic heterocycles. The van der Waals surface area contributed by atoms with Crippen molar-refractivity contribution in [2.45, 2.75) is 19.5 Å². The second-order valence-corrected chi connectivity index (χ2v) is 3.04. The molecule has 0 amide bonds. The molecule has 0 aliphatic rings. The molecule has 1 atom stereocenters. The van der Waals surface area contributed by atoms with E-state index in [0.717, 1.165) is 5.56 Å². The molecule has 0 heterocycles. The molecule has 0 radical (unpaired) electrons. The van der Waals surface area contributed by atoms with Gasteiger partial charge in [0.1, 0.15) is 5.82 Å². The summed E-state index contributed by atoms with van der Waals surface area (Å²) in [5.41, 5.74) is 0.953. The smallest absolute Gasteiger partial charge is 0.123 e. The number of rotatable bonds is 4. The number of hydrogen-bond acceptors (Lipinski definition) is 1. The molecule has 0 aliphatic carbocycles. The maximum Gasteiger partial charge on any atom is 0.123 e. The Morgan fingerprint density at radius 2 is 2.38 bits per heavy atom. The summed E-state index contributed by atoms with van der Waals surface area (Å²) in [6, 6.07) is 6.84. The Morgan fingerprint density at radius 3 is 3.00 bits per heavy atom. The van der Waals surface area contributed by atoms with Crippen LogP contribution in [-0.2, 0) is 6.54 Å². The van der Waals surface area contributed by atoms with E-state index in [4.69, 9.17) is 0 Å². The van der Waals surface area contributed by atoms with E-state index in [1.807, 2.05) is 19.1 Å². The second kappa shape index (κ2) is 4.77. The van der Waals surface area contributed by atoms with Gasteiger partial charge >= 0.3 is 0 Å². The summed E-state index contributed by atoms with van der Waals surface area (Å²) in [6.45, 7) is 6.33. The zero-order chi connectivity index (χ0) is 9.68. The molecule has 0 bridgehead atoms. The molecule has 1 aromatic carbocycles. The Kier molecular flexibility index (Phi) is 3.65. The first kappa shape index (κ1) is 9.93. The van der Waals surface area contributed by atoms with Gasteiger partial charge in [0.15, 0.2) is 0 Å². The van der Waals surface area contributed by atoms with Crippen LogP contribution < -0.4 is 5.32 Å². The SMILES string of the molecule is C=CC(C)NCc1cccc(F)c1. The van der Waals surface area contributed by atoms with Gasteiger partial charge in [0.05, 0.1) is 0 Å². The number of hydrogen-bond donors (Lipinski definition) is 1. The summed E-state index contributed by atoms with van der Waals surface area (Å²) in [4.78, 5) is 0. The Labute approximate surface area is 78.3 Å². The second-order valence-electron chi connectivity index (χ2n) is 3.04. The van der Waals surface area contributed by atoms with Gasteiger partial charge in [0.2, 0.25) is 0 Å². The Morgan fingerprint density at radius 1 is 1.62 bits per heavy atom. The quantitative estimate of drug-likeness (QED) is 0.700. The van der Waals surface area contributed by atoms with Crippen molar-refractivity contribution < 1.29 is 4.39 Å². The van der Waals surface area contributed by atoms with Crippen LogP contribution in [0.1, 0.15) is 12.5 Å². The van der Waals surface area contributed by atoms with Crippen molar-refractivity contribution in [2.75, 3.05) is 0 Å². The highest BCUT2D eigenvalue weighted by atomic mass is 19.1. The molecule has 1 unspecified atom stereocenters. The third-order valence-electron chi connectivity index (χ3n) is 1.87. The molecule has 1 rings (SSSR count). The molecular weight excluding hydrogens is 165 g/mol. The molecule has 2 heteroatoms. The van der Waals surface area contributed by atoms with Crippen LogP contribution in [0.5, 0.6) is 0 Å². The average molecular weight is 179 g/mol. The van der Waals surface area contributed by atoms with E-state index in [9.17, 15) is 4.39 Å². The fourth-order valence-electron chi connectivity index (χ4n) is 1.01. The van der Waals surface area contributed by atoms with Crippen LogP contribution in [0.25, 0.3) is 0 Å². The van der Waals surface area contributed by atoms with Gasteiger partial charge in [0.25, 0.3) is 0 Å². The minimum atomic E-state index is -0.189. The molecule has 0 saturated heterocycles. The van der Waals surface area contributed by atoms with E-state index in [2.05, 4.69) is 11.9 Å². The minimum Gasteiger partial charge on any atom is -0.307 e. The monoisotopic (exact) mass is 179 g/mol. The van der Waals surface area contributed by atoms with Gasteiger partial charge in [-0.2, -0.15) is 0 Å². The van der Waals surface area contributed by atoms with E-state index >= 15 is 0 Å². The van der Waals surface area contributed by atoms with Crippen molar-refractivity contribution in [1.82, 2.24) is 5.32 Å². The van der Waals surface area contributed by atoms with Gasteiger partial charge in [-0.05, 0) is 24.6 Å². The third kappa shape index (κ3) is 3.38. The van der Waals surface area contributed by atoms with Crippen molar-refractivity contribution >= 4 is 0 Å². The highest BCUT2D eigenvalue weighted by molar-refractivity contribution is 5.16. The molecule has 1 nitrogen and oxygen atoms in total. The lowest BCUT2D eigenvalue weighted by Gasteiger charge is -2.08. The lowest BCUT2D eigenvalue weighted by atomic mass is 10.2. The summed E-state index contributed by atoms with van der Waals surface area (Å²) in [7, 11) is 0. The van der Waals surface area contributed by atoms with Crippen LogP contribution >= 0.6 is 0 Å². The van der Waals surface area contributed by atoms with Crippen LogP contribution in [-0.4, -0.2) is 6.04 Å². The predicted octanol–water partition coefficient (Wildman–Crippen LogP) is 2.49. The molecule has 0 fully saturated rings. The van der Waals surface area contributed by atoms with Gasteiger partial charge in [-0.3, -0.25) is 0 Å². The highest BCUT2D eigenvalue weighted by Crippen LogP contribution is 2.03. The fraction of sp³-hybridized carbons (Fsp3) is 0.273. The molecule has 70 valence electrons. The van der Waals surface area contributed by atoms with Gasteiger partial charge < -0.3 is 5.32 Å². The van der Waals surface area contributed by atoms with Crippen molar-refractivity contribution in [3.63, 3.8) is 0 Å². The molecular formula is C11H14FN. The summed E-state index contributed by atoms with van der Waals surface area (Å²) in [5.74, 6) is -0.189. The first-order chi connectivity index (χ1) is 6.22. The average Bonchev–Trinajstić information content (AvgIpc) is 2.14. The maximum absolute atomic E-state index is 12.7. The topological polar surface area (TPSA) is 12.0 Å². The first-order valence-corrected chi connectivity index (χ1v) is 4.33. The first-order valence-electron chi connectivity index (χ1n) is 4.33. The summed E-state index contributed by atoms with van der Waals surface area (Å²) >= 11 is 0. The Bertz CT molecular complexity index is 283. The van der Waals surface area contributed by atoms with E-state index in [-0.39, 0.29) is 11.9 Å². The number of benzene rings is 1. The summed E-state index contributed by atoms with van der Waals surface area (Å²) < 4.78 is 12.7. The Hall–Kier alpha value is -1.15. The summed E-state index contributed by atoms with van der Waals surface area (Å²) in [5, 5.41) is 3.19. The van der Waals surface area contributed by atoms with E-state index in [0.29, 0.717) is 6.54 Å². The lowest BCUT2D eigenvalue weighted by molar-refractivity contribution is 0.610. The maximum atomic E-state index is 12.7. The molecule has 1 aromatic rings. The zero-order valence-electron chi connectivity index (χ0n) is 7.76. The molecule has 1 N–H and O–H groups in total. The van der Waals surface area contributed by atoms with E-state index in [1.165, 1.54) is 12.1 Å². The normalized spacial score (nSPS) is 12.5. The van der Waals surface area contributed by atoms with E-state index < -0.39 is 0 Å². The van der Waals surface area contributed by atoms with Crippen LogP contribution in [0.15, 0.2) is 36.9 Å². The van der Waals surface area contributed by atoms with Crippen molar-refractivity contribution in [2.24, 2.45) is 0 Å². The fourth-order valence-corrected chi connectivity index (χ4v) is 1.01. The lowest BCUT2D eigenvalue weighted by Crippen LogP contribution is -2.22. The summed E-state index contributed by atoms with van der Waals surface area (Å²) in [6.07, 6.45) is 1.82. The van der Waals surface area contributed by atoms with Crippen LogP contribution in [0.2, 0.25) is 0 Å². The molecule has 0 aromatic heterocycles. The largest absolute Gasteiger partial charge is 0.307 e. The third-order valence-corrected chi connectivity index (χ3v) is 1.87. The van der Waals surface area contributed by atoms with Gasteiger partial charge in [-0.25, -0.2) is 4.39 Å². The molecule has 0 saturated carbocycles. The number of halogens is 1. The van der Waals surface area contributed by atoms with Gasteiger partial charge in [0, 0.05) is 12.6 Å². The minimum absolute atomic E-state index is 0.189. The van der Waals surface area contributed by atoms with Gasteiger partial charge in [-0.15, -0.1) is 6.58 Å². The van der Waals surface area contributed by atoms with Gasteiger partial charge in [-0.1, -0.05) is 18.2 Å². The zero-order valence-corrected chi connectivity index (χ0v) is 7.76. The van der Waals surface area contributed by atoms with Crippen molar-refractivity contribution in [3.05, 3.63) is 48.3 Å². The van der Waals surface area contributed by atoms with Crippen LogP contribution in [0.3, 0.4) is 0 Å². The van der Waals surface area contributed by atoms with E-state index in [1.54, 1.807) is 6.07 Å². The van der Waals surface area contributed by atoms with Crippen molar-refractivity contribution in [1.29, 1.82) is 0 Å².